The highest BCUT2D eigenvalue weighted by atomic mass is 32.1. The first-order valence-corrected chi connectivity index (χ1v) is 7.36. The van der Waals surface area contributed by atoms with Gasteiger partial charge in [-0.2, -0.15) is 0 Å². The van der Waals surface area contributed by atoms with Crippen molar-refractivity contribution < 1.29 is 24.2 Å². The van der Waals surface area contributed by atoms with E-state index in [-0.39, 0.29) is 31.4 Å². The van der Waals surface area contributed by atoms with Crippen LogP contribution in [0.15, 0.2) is 17.5 Å². The Morgan fingerprint density at radius 2 is 2.29 bits per heavy atom. The van der Waals surface area contributed by atoms with E-state index in [1.807, 2.05) is 0 Å². The Morgan fingerprint density at radius 3 is 2.95 bits per heavy atom. The Balaban J connectivity index is 1.88. The normalized spacial score (nSPS) is 18.3. The third kappa shape index (κ3) is 4.27. The van der Waals surface area contributed by atoms with Crippen LogP contribution >= 0.6 is 11.3 Å². The van der Waals surface area contributed by atoms with Gasteiger partial charge in [0.25, 0.3) is 5.91 Å². The zero-order chi connectivity index (χ0) is 15.2. The minimum atomic E-state index is -0.981. The molecule has 21 heavy (non-hydrogen) atoms. The number of carboxylic acids is 1. The van der Waals surface area contributed by atoms with Crippen LogP contribution in [0.1, 0.15) is 16.1 Å². The van der Waals surface area contributed by atoms with E-state index in [0.717, 1.165) is 0 Å². The highest BCUT2D eigenvalue weighted by Crippen LogP contribution is 2.11. The zero-order valence-electron chi connectivity index (χ0n) is 11.3. The molecule has 0 aliphatic carbocycles. The molecule has 0 saturated carbocycles. The maximum atomic E-state index is 12.1. The van der Waals surface area contributed by atoms with Crippen molar-refractivity contribution in [2.24, 2.45) is 0 Å². The van der Waals surface area contributed by atoms with E-state index >= 15 is 0 Å². The molecule has 1 aliphatic heterocycles. The van der Waals surface area contributed by atoms with Gasteiger partial charge in [0.15, 0.2) is 0 Å². The summed E-state index contributed by atoms with van der Waals surface area (Å²) in [4.78, 5) is 36.7. The van der Waals surface area contributed by atoms with Gasteiger partial charge in [0.2, 0.25) is 5.91 Å². The maximum Gasteiger partial charge on any atom is 0.305 e. The number of hydrogen-bond acceptors (Lipinski definition) is 5. The molecule has 0 spiro atoms. The van der Waals surface area contributed by atoms with Crippen LogP contribution in [-0.4, -0.2) is 60.1 Å². The molecule has 1 aromatic rings. The number of carbonyl (C=O) groups is 3. The van der Waals surface area contributed by atoms with E-state index in [2.05, 4.69) is 5.32 Å². The van der Waals surface area contributed by atoms with Gasteiger partial charge in [-0.1, -0.05) is 6.07 Å². The summed E-state index contributed by atoms with van der Waals surface area (Å²) in [7, 11) is 0. The van der Waals surface area contributed by atoms with Crippen LogP contribution in [0, 0.1) is 0 Å². The lowest BCUT2D eigenvalue weighted by atomic mass is 10.1. The molecule has 1 unspecified atom stereocenters. The average Bonchev–Trinajstić information content (AvgIpc) is 2.98. The summed E-state index contributed by atoms with van der Waals surface area (Å²) in [6.45, 7) is 0.774. The minimum Gasteiger partial charge on any atom is -0.481 e. The second-order valence-corrected chi connectivity index (χ2v) is 5.52. The van der Waals surface area contributed by atoms with E-state index < -0.39 is 12.0 Å². The molecule has 1 aliphatic rings. The van der Waals surface area contributed by atoms with Crippen molar-refractivity contribution in [3.8, 4) is 0 Å². The van der Waals surface area contributed by atoms with E-state index in [1.54, 1.807) is 17.5 Å². The monoisotopic (exact) mass is 312 g/mol. The van der Waals surface area contributed by atoms with Gasteiger partial charge in [0.1, 0.15) is 0 Å². The maximum absolute atomic E-state index is 12.1. The topological polar surface area (TPSA) is 95.9 Å². The molecule has 2 amide bonds. The lowest BCUT2D eigenvalue weighted by Crippen LogP contribution is -2.52. The number of aliphatic carboxylic acids is 1. The average molecular weight is 312 g/mol. The summed E-state index contributed by atoms with van der Waals surface area (Å²) in [5, 5.41) is 13.2. The van der Waals surface area contributed by atoms with Gasteiger partial charge >= 0.3 is 5.97 Å². The Kier molecular flexibility index (Phi) is 5.29. The van der Waals surface area contributed by atoms with Gasteiger partial charge in [0.05, 0.1) is 37.1 Å². The molecule has 0 radical (unpaired) electrons. The lowest BCUT2D eigenvalue weighted by Gasteiger charge is -2.34. The SMILES string of the molecule is O=C(O)CC1COCCN1C(=O)CNC(=O)c1cccs1. The van der Waals surface area contributed by atoms with Crippen LogP contribution in [0.5, 0.6) is 0 Å². The van der Waals surface area contributed by atoms with E-state index in [0.29, 0.717) is 18.0 Å². The molecule has 2 N–H and O–H groups in total. The van der Waals surface area contributed by atoms with Gasteiger partial charge in [-0.25, -0.2) is 0 Å². The largest absolute Gasteiger partial charge is 0.481 e. The van der Waals surface area contributed by atoms with Gasteiger partial charge < -0.3 is 20.1 Å². The first-order chi connectivity index (χ1) is 10.1. The van der Waals surface area contributed by atoms with Crippen molar-refractivity contribution >= 4 is 29.1 Å². The highest BCUT2D eigenvalue weighted by Gasteiger charge is 2.29. The summed E-state index contributed by atoms with van der Waals surface area (Å²) in [6, 6.07) is 2.95. The molecule has 2 heterocycles. The Labute approximate surface area is 125 Å². The minimum absolute atomic E-state index is 0.146. The van der Waals surface area contributed by atoms with Crippen molar-refractivity contribution in [1.29, 1.82) is 0 Å². The first kappa shape index (κ1) is 15.5. The van der Waals surface area contributed by atoms with Crippen molar-refractivity contribution in [1.82, 2.24) is 10.2 Å². The summed E-state index contributed by atoms with van der Waals surface area (Å²) in [6.07, 6.45) is -0.162. The first-order valence-electron chi connectivity index (χ1n) is 6.48. The quantitative estimate of drug-likeness (QED) is 0.808. The summed E-state index contributed by atoms with van der Waals surface area (Å²) < 4.78 is 5.20. The number of nitrogens with one attached hydrogen (secondary N) is 1. The van der Waals surface area contributed by atoms with Crippen LogP contribution in [0.4, 0.5) is 0 Å². The predicted molar refractivity (Wildman–Crippen MR) is 75.2 cm³/mol. The smallest absolute Gasteiger partial charge is 0.305 e. The van der Waals surface area contributed by atoms with Crippen molar-refractivity contribution in [3.63, 3.8) is 0 Å². The molecule has 1 atom stereocenters. The molecule has 1 saturated heterocycles. The third-order valence-electron chi connectivity index (χ3n) is 3.10. The summed E-state index contributed by atoms with van der Waals surface area (Å²) in [5.41, 5.74) is 0. The second kappa shape index (κ2) is 7.19. The fourth-order valence-electron chi connectivity index (χ4n) is 2.11. The molecule has 114 valence electrons. The van der Waals surface area contributed by atoms with Crippen molar-refractivity contribution in [2.45, 2.75) is 12.5 Å². The lowest BCUT2D eigenvalue weighted by molar-refractivity contribution is -0.145. The van der Waals surface area contributed by atoms with Crippen LogP contribution in [0.3, 0.4) is 0 Å². The standard InChI is InChI=1S/C13H16N2O5S/c16-11(7-14-13(19)10-2-1-5-21-10)15-3-4-20-8-9(15)6-12(17)18/h1-2,5,9H,3-4,6-8H2,(H,14,19)(H,17,18). The number of morpholine rings is 1. The molecular weight excluding hydrogens is 296 g/mol. The number of nitrogens with zero attached hydrogens (tertiary/aromatic N) is 1. The van der Waals surface area contributed by atoms with Crippen LogP contribution in [0.2, 0.25) is 0 Å². The van der Waals surface area contributed by atoms with E-state index in [4.69, 9.17) is 9.84 Å². The van der Waals surface area contributed by atoms with Crippen LogP contribution < -0.4 is 5.32 Å². The van der Waals surface area contributed by atoms with Gasteiger partial charge in [-0.3, -0.25) is 14.4 Å². The molecule has 7 nitrogen and oxygen atoms in total. The number of carboxylic acid groups (broad SMARTS) is 1. The van der Waals surface area contributed by atoms with Gasteiger partial charge in [0, 0.05) is 6.54 Å². The number of amides is 2. The van der Waals surface area contributed by atoms with Crippen molar-refractivity contribution in [3.05, 3.63) is 22.4 Å². The van der Waals surface area contributed by atoms with Gasteiger partial charge in [-0.05, 0) is 11.4 Å². The Hall–Kier alpha value is -1.93. The number of rotatable bonds is 5. The predicted octanol–water partition coefficient (Wildman–Crippen LogP) is 0.180. The molecular formula is C13H16N2O5S. The molecule has 1 aromatic heterocycles. The fourth-order valence-corrected chi connectivity index (χ4v) is 2.75. The van der Waals surface area contributed by atoms with Crippen molar-refractivity contribution in [2.75, 3.05) is 26.3 Å². The highest BCUT2D eigenvalue weighted by molar-refractivity contribution is 7.12. The fraction of sp³-hybridized carbons (Fsp3) is 0.462. The zero-order valence-corrected chi connectivity index (χ0v) is 12.1. The molecule has 8 heteroatoms. The Bertz CT molecular complexity index is 517. The van der Waals surface area contributed by atoms with E-state index in [9.17, 15) is 14.4 Å². The van der Waals surface area contributed by atoms with Crippen LogP contribution in [0.25, 0.3) is 0 Å². The summed E-state index contributed by atoms with van der Waals surface area (Å²) in [5.74, 6) is -1.58. The second-order valence-electron chi connectivity index (χ2n) is 4.57. The number of thiophene rings is 1. The molecule has 1 fully saturated rings. The van der Waals surface area contributed by atoms with Gasteiger partial charge in [-0.15, -0.1) is 11.3 Å². The van der Waals surface area contributed by atoms with E-state index in [1.165, 1.54) is 16.2 Å². The summed E-state index contributed by atoms with van der Waals surface area (Å²) >= 11 is 1.29. The molecule has 0 aromatic carbocycles. The number of carbonyl (C=O) groups excluding carboxylic acids is 2. The Morgan fingerprint density at radius 1 is 1.48 bits per heavy atom. The van der Waals surface area contributed by atoms with Crippen LogP contribution in [-0.2, 0) is 14.3 Å². The third-order valence-corrected chi connectivity index (χ3v) is 3.97. The number of ether oxygens (including phenoxy) is 1. The number of hydrogen-bond donors (Lipinski definition) is 2. The molecule has 2 rings (SSSR count). The molecule has 0 bridgehead atoms.